The van der Waals surface area contributed by atoms with Crippen molar-refractivity contribution in [3.8, 4) is 0 Å². The molecule has 0 heterocycles. The van der Waals surface area contributed by atoms with Crippen LogP contribution < -0.4 is 0 Å². The average Bonchev–Trinajstić information content (AvgIpc) is 2.60. The SMILES string of the molecule is C=CCCOCc1ccc(C2CCC(C/C=C/CC)CC2)cc1. The molecular formula is C22H32O. The van der Waals surface area contributed by atoms with Crippen LogP contribution in [0, 0.1) is 5.92 Å². The summed E-state index contributed by atoms with van der Waals surface area (Å²) in [7, 11) is 0. The number of rotatable bonds is 9. The fourth-order valence-corrected chi connectivity index (χ4v) is 3.43. The molecule has 0 aliphatic heterocycles. The second kappa shape index (κ2) is 10.4. The predicted molar refractivity (Wildman–Crippen MR) is 99.7 cm³/mol. The first-order chi connectivity index (χ1) is 11.3. The Morgan fingerprint density at radius 1 is 1.09 bits per heavy atom. The lowest BCUT2D eigenvalue weighted by atomic mass is 9.77. The maximum absolute atomic E-state index is 5.63. The third-order valence-corrected chi connectivity index (χ3v) is 4.90. The predicted octanol–water partition coefficient (Wildman–Crippen LogP) is 6.41. The van der Waals surface area contributed by atoms with Gasteiger partial charge in [-0.05, 0) is 67.9 Å². The van der Waals surface area contributed by atoms with Crippen LogP contribution in [-0.4, -0.2) is 6.61 Å². The van der Waals surface area contributed by atoms with Gasteiger partial charge < -0.3 is 4.74 Å². The number of benzene rings is 1. The lowest BCUT2D eigenvalue weighted by molar-refractivity contribution is 0.125. The van der Waals surface area contributed by atoms with Gasteiger partial charge in [-0.3, -0.25) is 0 Å². The third kappa shape index (κ3) is 6.35. The van der Waals surface area contributed by atoms with Crippen molar-refractivity contribution in [1.82, 2.24) is 0 Å². The number of allylic oxidation sites excluding steroid dienone is 2. The van der Waals surface area contributed by atoms with Crippen LogP contribution >= 0.6 is 0 Å². The summed E-state index contributed by atoms with van der Waals surface area (Å²) in [4.78, 5) is 0. The van der Waals surface area contributed by atoms with Crippen LogP contribution in [0.5, 0.6) is 0 Å². The molecule has 1 aromatic carbocycles. The molecule has 1 aromatic rings. The van der Waals surface area contributed by atoms with E-state index in [1.54, 1.807) is 0 Å². The first-order valence-corrected chi connectivity index (χ1v) is 9.26. The first-order valence-electron chi connectivity index (χ1n) is 9.26. The van der Waals surface area contributed by atoms with Crippen molar-refractivity contribution in [3.05, 3.63) is 60.2 Å². The summed E-state index contributed by atoms with van der Waals surface area (Å²) in [6.07, 6.45) is 15.4. The highest BCUT2D eigenvalue weighted by Crippen LogP contribution is 2.37. The third-order valence-electron chi connectivity index (χ3n) is 4.90. The lowest BCUT2D eigenvalue weighted by Crippen LogP contribution is -2.12. The van der Waals surface area contributed by atoms with Gasteiger partial charge in [0.2, 0.25) is 0 Å². The molecule has 0 aromatic heterocycles. The Hall–Kier alpha value is -1.34. The highest BCUT2D eigenvalue weighted by Gasteiger charge is 2.21. The Morgan fingerprint density at radius 2 is 1.83 bits per heavy atom. The minimum absolute atomic E-state index is 0.713. The zero-order chi connectivity index (χ0) is 16.3. The Morgan fingerprint density at radius 3 is 2.48 bits per heavy atom. The summed E-state index contributed by atoms with van der Waals surface area (Å²) in [5.74, 6) is 1.67. The van der Waals surface area contributed by atoms with E-state index in [1.165, 1.54) is 49.7 Å². The summed E-state index contributed by atoms with van der Waals surface area (Å²) >= 11 is 0. The smallest absolute Gasteiger partial charge is 0.0717 e. The molecule has 1 heteroatoms. The molecule has 1 fully saturated rings. The van der Waals surface area contributed by atoms with Gasteiger partial charge in [0.15, 0.2) is 0 Å². The van der Waals surface area contributed by atoms with E-state index in [1.807, 2.05) is 6.08 Å². The second-order valence-corrected chi connectivity index (χ2v) is 6.70. The van der Waals surface area contributed by atoms with E-state index in [0.29, 0.717) is 6.61 Å². The van der Waals surface area contributed by atoms with E-state index in [9.17, 15) is 0 Å². The van der Waals surface area contributed by atoms with Crippen molar-refractivity contribution in [2.75, 3.05) is 6.61 Å². The van der Waals surface area contributed by atoms with Crippen molar-refractivity contribution >= 4 is 0 Å². The van der Waals surface area contributed by atoms with Gasteiger partial charge in [-0.15, -0.1) is 6.58 Å². The van der Waals surface area contributed by atoms with Gasteiger partial charge in [0.25, 0.3) is 0 Å². The van der Waals surface area contributed by atoms with Crippen molar-refractivity contribution in [1.29, 1.82) is 0 Å². The molecule has 1 nitrogen and oxygen atoms in total. The van der Waals surface area contributed by atoms with E-state index in [-0.39, 0.29) is 0 Å². The standard InChI is InChI=1S/C22H32O/c1-3-5-7-8-19-9-13-21(14-10-19)22-15-11-20(12-16-22)18-23-17-6-4-2/h4-5,7,11-12,15-16,19,21H,2-3,6,8-10,13-14,17-18H2,1H3/b7-5+. The molecule has 0 saturated heterocycles. The molecule has 1 aliphatic carbocycles. The molecule has 0 radical (unpaired) electrons. The molecule has 23 heavy (non-hydrogen) atoms. The van der Waals surface area contributed by atoms with E-state index in [2.05, 4.69) is 49.9 Å². The molecule has 126 valence electrons. The first kappa shape index (κ1) is 18.0. The molecule has 0 atom stereocenters. The highest BCUT2D eigenvalue weighted by atomic mass is 16.5. The molecule has 2 rings (SSSR count). The molecule has 0 amide bonds. The molecule has 1 saturated carbocycles. The van der Waals surface area contributed by atoms with E-state index < -0.39 is 0 Å². The van der Waals surface area contributed by atoms with E-state index in [0.717, 1.165) is 24.9 Å². The van der Waals surface area contributed by atoms with Crippen LogP contribution in [0.25, 0.3) is 0 Å². The van der Waals surface area contributed by atoms with Crippen molar-refractivity contribution in [2.45, 2.75) is 64.4 Å². The van der Waals surface area contributed by atoms with Crippen LogP contribution in [0.1, 0.15) is 68.9 Å². The summed E-state index contributed by atoms with van der Waals surface area (Å²) in [5.41, 5.74) is 2.79. The summed E-state index contributed by atoms with van der Waals surface area (Å²) < 4.78 is 5.63. The highest BCUT2D eigenvalue weighted by molar-refractivity contribution is 5.25. The minimum Gasteiger partial charge on any atom is -0.376 e. The quantitative estimate of drug-likeness (QED) is 0.378. The summed E-state index contributed by atoms with van der Waals surface area (Å²) in [6, 6.07) is 9.10. The maximum Gasteiger partial charge on any atom is 0.0717 e. The van der Waals surface area contributed by atoms with Gasteiger partial charge in [0, 0.05) is 0 Å². The van der Waals surface area contributed by atoms with Crippen LogP contribution in [0.3, 0.4) is 0 Å². The summed E-state index contributed by atoms with van der Waals surface area (Å²) in [6.45, 7) is 7.40. The lowest BCUT2D eigenvalue weighted by Gasteiger charge is -2.28. The Labute approximate surface area is 142 Å². The van der Waals surface area contributed by atoms with Crippen molar-refractivity contribution < 1.29 is 4.74 Å². The molecule has 1 aliphatic rings. The van der Waals surface area contributed by atoms with Gasteiger partial charge >= 0.3 is 0 Å². The Bertz CT molecular complexity index is 463. The maximum atomic E-state index is 5.63. The van der Waals surface area contributed by atoms with Crippen LogP contribution in [0.2, 0.25) is 0 Å². The molecular weight excluding hydrogens is 280 g/mol. The average molecular weight is 312 g/mol. The van der Waals surface area contributed by atoms with Gasteiger partial charge in [-0.25, -0.2) is 0 Å². The fourth-order valence-electron chi connectivity index (χ4n) is 3.43. The summed E-state index contributed by atoms with van der Waals surface area (Å²) in [5, 5.41) is 0. The van der Waals surface area contributed by atoms with Crippen LogP contribution in [0.15, 0.2) is 49.1 Å². The minimum atomic E-state index is 0.713. The molecule has 0 N–H and O–H groups in total. The Kier molecular flexibility index (Phi) is 8.17. The van der Waals surface area contributed by atoms with Crippen molar-refractivity contribution in [2.24, 2.45) is 5.92 Å². The molecule has 0 spiro atoms. The van der Waals surface area contributed by atoms with Crippen molar-refractivity contribution in [3.63, 3.8) is 0 Å². The topological polar surface area (TPSA) is 9.23 Å². The van der Waals surface area contributed by atoms with Gasteiger partial charge in [0.1, 0.15) is 0 Å². The second-order valence-electron chi connectivity index (χ2n) is 6.70. The number of hydrogen-bond donors (Lipinski definition) is 0. The van der Waals surface area contributed by atoms with E-state index >= 15 is 0 Å². The van der Waals surface area contributed by atoms with Gasteiger partial charge in [0.05, 0.1) is 13.2 Å². The zero-order valence-corrected chi connectivity index (χ0v) is 14.7. The molecule has 0 unspecified atom stereocenters. The van der Waals surface area contributed by atoms with E-state index in [4.69, 9.17) is 4.74 Å². The normalized spacial score (nSPS) is 21.6. The number of hydrogen-bond acceptors (Lipinski definition) is 1. The molecule has 0 bridgehead atoms. The largest absolute Gasteiger partial charge is 0.376 e. The fraction of sp³-hybridized carbons (Fsp3) is 0.545. The van der Waals surface area contributed by atoms with Crippen LogP contribution in [-0.2, 0) is 11.3 Å². The van der Waals surface area contributed by atoms with Gasteiger partial charge in [-0.1, -0.05) is 49.4 Å². The van der Waals surface area contributed by atoms with Gasteiger partial charge in [-0.2, -0.15) is 0 Å². The monoisotopic (exact) mass is 312 g/mol. The number of ether oxygens (including phenoxy) is 1. The Balaban J connectivity index is 1.75. The zero-order valence-electron chi connectivity index (χ0n) is 14.7. The van der Waals surface area contributed by atoms with Crippen LogP contribution in [0.4, 0.5) is 0 Å².